The molecule has 0 aliphatic heterocycles. The fourth-order valence-electron chi connectivity index (χ4n) is 2.69. The number of nitrogens with one attached hydrogen (secondary N) is 1. The Morgan fingerprint density at radius 2 is 2.10 bits per heavy atom. The maximum atomic E-state index is 5.47. The van der Waals surface area contributed by atoms with Crippen LogP contribution in [0.3, 0.4) is 0 Å². The standard InChI is InChI=1S/C17H18N2O/c1-3-19-17(14-8-10-20-12(14)2)16-6-4-5-13-11-18-9-7-15(13)16/h4-11,17,19H,3H2,1-2H3. The lowest BCUT2D eigenvalue weighted by Gasteiger charge is -2.20. The molecule has 1 N–H and O–H groups in total. The number of hydrogen-bond donors (Lipinski definition) is 1. The number of rotatable bonds is 4. The monoisotopic (exact) mass is 266 g/mol. The smallest absolute Gasteiger partial charge is 0.105 e. The Labute approximate surface area is 118 Å². The highest BCUT2D eigenvalue weighted by Crippen LogP contribution is 2.30. The SMILES string of the molecule is CCNC(c1ccoc1C)c1cccc2cnccc12. The predicted octanol–water partition coefficient (Wildman–Crippen LogP) is 3.84. The molecular formula is C17H18N2O. The molecule has 3 rings (SSSR count). The number of furan rings is 1. The molecular weight excluding hydrogens is 248 g/mol. The molecule has 102 valence electrons. The van der Waals surface area contributed by atoms with E-state index >= 15 is 0 Å². The number of aryl methyl sites for hydroxylation is 1. The van der Waals surface area contributed by atoms with Crippen molar-refractivity contribution in [2.75, 3.05) is 6.54 Å². The summed E-state index contributed by atoms with van der Waals surface area (Å²) in [5.74, 6) is 0.960. The van der Waals surface area contributed by atoms with Crippen LogP contribution < -0.4 is 5.32 Å². The van der Waals surface area contributed by atoms with Crippen LogP contribution in [-0.2, 0) is 0 Å². The predicted molar refractivity (Wildman–Crippen MR) is 80.7 cm³/mol. The summed E-state index contributed by atoms with van der Waals surface area (Å²) in [5, 5.41) is 5.95. The number of pyridine rings is 1. The highest BCUT2D eigenvalue weighted by atomic mass is 16.3. The Morgan fingerprint density at radius 3 is 2.85 bits per heavy atom. The van der Waals surface area contributed by atoms with Gasteiger partial charge in [0.25, 0.3) is 0 Å². The molecule has 0 saturated heterocycles. The third kappa shape index (κ3) is 2.21. The first-order valence-corrected chi connectivity index (χ1v) is 6.91. The third-order valence-electron chi connectivity index (χ3n) is 3.64. The highest BCUT2D eigenvalue weighted by molar-refractivity contribution is 5.85. The van der Waals surface area contributed by atoms with Crippen LogP contribution >= 0.6 is 0 Å². The van der Waals surface area contributed by atoms with Gasteiger partial charge in [0.05, 0.1) is 12.3 Å². The van der Waals surface area contributed by atoms with E-state index in [1.54, 1.807) is 6.26 Å². The van der Waals surface area contributed by atoms with Crippen LogP contribution in [-0.4, -0.2) is 11.5 Å². The minimum Gasteiger partial charge on any atom is -0.469 e. The molecule has 0 bridgehead atoms. The van der Waals surface area contributed by atoms with Gasteiger partial charge in [0.1, 0.15) is 5.76 Å². The number of fused-ring (bicyclic) bond motifs is 1. The van der Waals surface area contributed by atoms with Crippen LogP contribution in [0.15, 0.2) is 53.4 Å². The lowest BCUT2D eigenvalue weighted by atomic mass is 9.94. The average Bonchev–Trinajstić information content (AvgIpc) is 2.90. The van der Waals surface area contributed by atoms with Crippen LogP contribution in [0.2, 0.25) is 0 Å². The van der Waals surface area contributed by atoms with Crippen LogP contribution in [0.25, 0.3) is 10.8 Å². The molecule has 0 saturated carbocycles. The van der Waals surface area contributed by atoms with E-state index in [-0.39, 0.29) is 6.04 Å². The summed E-state index contributed by atoms with van der Waals surface area (Å²) in [5.41, 5.74) is 2.45. The van der Waals surface area contributed by atoms with Crippen LogP contribution in [0.4, 0.5) is 0 Å². The second-order valence-corrected chi connectivity index (χ2v) is 4.87. The normalized spacial score (nSPS) is 12.7. The molecule has 3 nitrogen and oxygen atoms in total. The van der Waals surface area contributed by atoms with Crippen molar-refractivity contribution >= 4 is 10.8 Å². The van der Waals surface area contributed by atoms with E-state index in [9.17, 15) is 0 Å². The van der Waals surface area contributed by atoms with Crippen LogP contribution in [0, 0.1) is 6.92 Å². The Kier molecular flexibility index (Phi) is 3.52. The zero-order chi connectivity index (χ0) is 13.9. The summed E-state index contributed by atoms with van der Waals surface area (Å²) in [4.78, 5) is 4.20. The number of aromatic nitrogens is 1. The molecule has 2 aromatic heterocycles. The molecule has 3 aromatic rings. The van der Waals surface area contributed by atoms with E-state index in [1.165, 1.54) is 16.5 Å². The van der Waals surface area contributed by atoms with Crippen molar-refractivity contribution in [3.8, 4) is 0 Å². The third-order valence-corrected chi connectivity index (χ3v) is 3.64. The van der Waals surface area contributed by atoms with Crippen LogP contribution in [0.5, 0.6) is 0 Å². The van der Waals surface area contributed by atoms with E-state index < -0.39 is 0 Å². The Bertz CT molecular complexity index is 712. The quantitative estimate of drug-likeness (QED) is 0.779. The molecule has 1 aromatic carbocycles. The summed E-state index contributed by atoms with van der Waals surface area (Å²) < 4.78 is 5.47. The Morgan fingerprint density at radius 1 is 1.20 bits per heavy atom. The largest absolute Gasteiger partial charge is 0.469 e. The molecule has 2 heterocycles. The summed E-state index contributed by atoms with van der Waals surface area (Å²) >= 11 is 0. The minimum atomic E-state index is 0.143. The summed E-state index contributed by atoms with van der Waals surface area (Å²) in [6, 6.07) is 10.6. The first-order valence-electron chi connectivity index (χ1n) is 6.91. The van der Waals surface area contributed by atoms with E-state index in [2.05, 4.69) is 41.5 Å². The van der Waals surface area contributed by atoms with E-state index in [4.69, 9.17) is 4.42 Å². The second kappa shape index (κ2) is 5.47. The van der Waals surface area contributed by atoms with E-state index in [0.717, 1.165) is 17.7 Å². The molecule has 0 spiro atoms. The van der Waals surface area contributed by atoms with Gasteiger partial charge in [0.15, 0.2) is 0 Å². The zero-order valence-electron chi connectivity index (χ0n) is 11.8. The van der Waals surface area contributed by atoms with Gasteiger partial charge < -0.3 is 9.73 Å². The lowest BCUT2D eigenvalue weighted by molar-refractivity contribution is 0.520. The number of hydrogen-bond acceptors (Lipinski definition) is 3. The van der Waals surface area contributed by atoms with Crippen molar-refractivity contribution in [1.82, 2.24) is 10.3 Å². The van der Waals surface area contributed by atoms with Crippen molar-refractivity contribution in [3.63, 3.8) is 0 Å². The second-order valence-electron chi connectivity index (χ2n) is 4.87. The summed E-state index contributed by atoms with van der Waals surface area (Å²) in [6.45, 7) is 5.03. The molecule has 0 aliphatic rings. The molecule has 20 heavy (non-hydrogen) atoms. The van der Waals surface area contributed by atoms with Gasteiger partial charge in [-0.25, -0.2) is 0 Å². The van der Waals surface area contributed by atoms with Gasteiger partial charge in [0.2, 0.25) is 0 Å². The molecule has 1 unspecified atom stereocenters. The summed E-state index contributed by atoms with van der Waals surface area (Å²) in [6.07, 6.45) is 5.50. The van der Waals surface area contributed by atoms with Gasteiger partial charge in [-0.05, 0) is 36.6 Å². The first kappa shape index (κ1) is 12.9. The van der Waals surface area contributed by atoms with Gasteiger partial charge in [-0.2, -0.15) is 0 Å². The molecule has 0 amide bonds. The number of benzene rings is 1. The van der Waals surface area contributed by atoms with Gasteiger partial charge in [-0.3, -0.25) is 4.98 Å². The topological polar surface area (TPSA) is 38.1 Å². The Balaban J connectivity index is 2.17. The van der Waals surface area contributed by atoms with Crippen molar-refractivity contribution in [1.29, 1.82) is 0 Å². The fourth-order valence-corrected chi connectivity index (χ4v) is 2.69. The van der Waals surface area contributed by atoms with Gasteiger partial charge in [-0.1, -0.05) is 25.1 Å². The van der Waals surface area contributed by atoms with E-state index in [1.807, 2.05) is 25.4 Å². The molecule has 0 fully saturated rings. The molecule has 1 atom stereocenters. The van der Waals surface area contributed by atoms with Gasteiger partial charge >= 0.3 is 0 Å². The summed E-state index contributed by atoms with van der Waals surface area (Å²) in [7, 11) is 0. The Hall–Kier alpha value is -2.13. The average molecular weight is 266 g/mol. The van der Waals surface area contributed by atoms with Crippen molar-refractivity contribution in [3.05, 3.63) is 65.9 Å². The van der Waals surface area contributed by atoms with Crippen molar-refractivity contribution in [2.24, 2.45) is 0 Å². The lowest BCUT2D eigenvalue weighted by Crippen LogP contribution is -2.22. The highest BCUT2D eigenvalue weighted by Gasteiger charge is 2.18. The van der Waals surface area contributed by atoms with Crippen molar-refractivity contribution < 1.29 is 4.42 Å². The maximum absolute atomic E-state index is 5.47. The zero-order valence-corrected chi connectivity index (χ0v) is 11.8. The minimum absolute atomic E-state index is 0.143. The first-order chi connectivity index (χ1) is 9.81. The van der Waals surface area contributed by atoms with E-state index in [0.29, 0.717) is 0 Å². The maximum Gasteiger partial charge on any atom is 0.105 e. The van der Waals surface area contributed by atoms with Gasteiger partial charge in [0, 0.05) is 23.3 Å². The van der Waals surface area contributed by atoms with Gasteiger partial charge in [-0.15, -0.1) is 0 Å². The number of nitrogens with zero attached hydrogens (tertiary/aromatic N) is 1. The van der Waals surface area contributed by atoms with Crippen LogP contribution in [0.1, 0.15) is 29.9 Å². The molecule has 3 heteroatoms. The van der Waals surface area contributed by atoms with Crippen molar-refractivity contribution in [2.45, 2.75) is 19.9 Å². The molecule has 0 aliphatic carbocycles. The molecule has 0 radical (unpaired) electrons. The fraction of sp³-hybridized carbons (Fsp3) is 0.235.